The van der Waals surface area contributed by atoms with Gasteiger partial charge < -0.3 is 14.6 Å². The molecular weight excluding hydrogens is 296 g/mol. The molecule has 0 fully saturated rings. The maximum Gasteiger partial charge on any atom is 0.271 e. The first kappa shape index (κ1) is 14.9. The number of aryl methyl sites for hydroxylation is 1. The van der Waals surface area contributed by atoms with Crippen LogP contribution < -0.4 is 14.9 Å². The van der Waals surface area contributed by atoms with E-state index in [2.05, 4.69) is 10.5 Å². The number of hydrogen-bond acceptors (Lipinski definition) is 5. The molecule has 6 nitrogen and oxygen atoms in total. The third kappa shape index (κ3) is 3.26. The molecule has 1 heterocycles. The molecule has 0 atom stereocenters. The Morgan fingerprint density at radius 1 is 1.22 bits per heavy atom. The maximum atomic E-state index is 12.1. The highest BCUT2D eigenvalue weighted by Gasteiger charge is 2.14. The van der Waals surface area contributed by atoms with Crippen molar-refractivity contribution in [3.05, 3.63) is 53.1 Å². The number of phenolic OH excluding ortho intramolecular Hbond substituents is 1. The predicted molar refractivity (Wildman–Crippen MR) is 85.3 cm³/mol. The Bertz CT molecular complexity index is 771. The van der Waals surface area contributed by atoms with Gasteiger partial charge in [0, 0.05) is 11.1 Å². The molecule has 0 unspecified atom stereocenters. The normalized spacial score (nSPS) is 13.1. The van der Waals surface area contributed by atoms with Gasteiger partial charge >= 0.3 is 0 Å². The number of para-hydroxylation sites is 1. The summed E-state index contributed by atoms with van der Waals surface area (Å²) >= 11 is 0. The first-order chi connectivity index (χ1) is 11.1. The second-order valence-electron chi connectivity index (χ2n) is 5.07. The highest BCUT2D eigenvalue weighted by atomic mass is 16.6. The van der Waals surface area contributed by atoms with Crippen LogP contribution in [-0.2, 0) is 0 Å². The molecule has 2 N–H and O–H groups in total. The molecule has 3 rings (SSSR count). The Morgan fingerprint density at radius 2 is 2.00 bits per heavy atom. The Hall–Kier alpha value is -3.02. The minimum atomic E-state index is -0.370. The van der Waals surface area contributed by atoms with Crippen molar-refractivity contribution in [2.45, 2.75) is 6.92 Å². The molecule has 2 aromatic carbocycles. The van der Waals surface area contributed by atoms with Crippen molar-refractivity contribution in [1.29, 1.82) is 0 Å². The molecule has 0 bridgehead atoms. The van der Waals surface area contributed by atoms with Gasteiger partial charge in [0.05, 0.1) is 6.21 Å². The molecule has 0 saturated carbocycles. The molecule has 0 radical (unpaired) electrons. The highest BCUT2D eigenvalue weighted by molar-refractivity contribution is 5.95. The largest absolute Gasteiger partial charge is 0.507 e. The van der Waals surface area contributed by atoms with Gasteiger partial charge in [-0.25, -0.2) is 5.43 Å². The second-order valence-corrected chi connectivity index (χ2v) is 5.07. The molecule has 1 aliphatic heterocycles. The van der Waals surface area contributed by atoms with Crippen LogP contribution in [0.4, 0.5) is 0 Å². The summed E-state index contributed by atoms with van der Waals surface area (Å²) in [5, 5.41) is 13.8. The monoisotopic (exact) mass is 312 g/mol. The molecule has 1 amide bonds. The average Bonchev–Trinajstić information content (AvgIpc) is 2.58. The zero-order valence-electron chi connectivity index (χ0n) is 12.6. The van der Waals surface area contributed by atoms with Crippen LogP contribution in [0, 0.1) is 6.92 Å². The minimum absolute atomic E-state index is 0.143. The molecular formula is C17H16N2O4. The van der Waals surface area contributed by atoms with Gasteiger partial charge in [0.2, 0.25) is 0 Å². The topological polar surface area (TPSA) is 80.2 Å². The lowest BCUT2D eigenvalue weighted by Gasteiger charge is -2.18. The number of carbonyl (C=O) groups excluding carboxylic acids is 1. The number of benzene rings is 2. The fourth-order valence-corrected chi connectivity index (χ4v) is 2.20. The summed E-state index contributed by atoms with van der Waals surface area (Å²) in [4.78, 5) is 12.1. The van der Waals surface area contributed by atoms with Crippen molar-refractivity contribution in [3.63, 3.8) is 0 Å². The standard InChI is InChI=1S/C17H16N2O4/c1-11-3-2-4-13(16(11)20)10-18-19-17(21)12-5-6-14-15(9-12)23-8-7-22-14/h2-6,9-10,20H,7-8H2,1H3,(H,19,21). The summed E-state index contributed by atoms with van der Waals surface area (Å²) in [6, 6.07) is 10.3. The number of amides is 1. The summed E-state index contributed by atoms with van der Waals surface area (Å²) in [6.07, 6.45) is 1.40. The number of aromatic hydroxyl groups is 1. The van der Waals surface area contributed by atoms with E-state index in [0.717, 1.165) is 5.56 Å². The fraction of sp³-hybridized carbons (Fsp3) is 0.176. The molecule has 0 saturated heterocycles. The van der Waals surface area contributed by atoms with Gasteiger partial charge in [-0.3, -0.25) is 4.79 Å². The van der Waals surface area contributed by atoms with Crippen LogP contribution in [0.15, 0.2) is 41.5 Å². The summed E-state index contributed by atoms with van der Waals surface area (Å²) < 4.78 is 10.8. The predicted octanol–water partition coefficient (Wildman–Crippen LogP) is 2.24. The number of fused-ring (bicyclic) bond motifs is 1. The van der Waals surface area contributed by atoms with Crippen LogP contribution in [0.1, 0.15) is 21.5 Å². The van der Waals surface area contributed by atoms with Gasteiger partial charge in [-0.1, -0.05) is 12.1 Å². The number of phenols is 1. The van der Waals surface area contributed by atoms with Gasteiger partial charge in [0.1, 0.15) is 19.0 Å². The Balaban J connectivity index is 1.70. The van der Waals surface area contributed by atoms with E-state index in [1.54, 1.807) is 43.3 Å². The number of carbonyl (C=O) groups is 1. The van der Waals surface area contributed by atoms with Crippen LogP contribution >= 0.6 is 0 Å². The lowest BCUT2D eigenvalue weighted by molar-refractivity contribution is 0.0954. The Labute approximate surface area is 133 Å². The number of ether oxygens (including phenoxy) is 2. The van der Waals surface area contributed by atoms with Crippen molar-refractivity contribution < 1.29 is 19.4 Å². The van der Waals surface area contributed by atoms with Crippen molar-refractivity contribution in [2.24, 2.45) is 5.10 Å². The van der Waals surface area contributed by atoms with E-state index in [1.165, 1.54) is 6.21 Å². The summed E-state index contributed by atoms with van der Waals surface area (Å²) in [5.74, 6) is 0.945. The van der Waals surface area contributed by atoms with E-state index in [4.69, 9.17) is 9.47 Å². The number of hydrogen-bond donors (Lipinski definition) is 2. The van der Waals surface area contributed by atoms with Gasteiger partial charge in [0.25, 0.3) is 5.91 Å². The summed E-state index contributed by atoms with van der Waals surface area (Å²) in [5.41, 5.74) is 4.12. The van der Waals surface area contributed by atoms with E-state index in [-0.39, 0.29) is 11.7 Å². The zero-order valence-corrected chi connectivity index (χ0v) is 12.6. The maximum absolute atomic E-state index is 12.1. The van der Waals surface area contributed by atoms with E-state index in [1.807, 2.05) is 0 Å². The van der Waals surface area contributed by atoms with Crippen molar-refractivity contribution in [3.8, 4) is 17.2 Å². The summed E-state index contributed by atoms with van der Waals surface area (Å²) in [6.45, 7) is 2.76. The van der Waals surface area contributed by atoms with Gasteiger partial charge in [-0.2, -0.15) is 5.10 Å². The molecule has 0 aliphatic carbocycles. The molecule has 1 aliphatic rings. The van der Waals surface area contributed by atoms with Gasteiger partial charge in [-0.05, 0) is 36.8 Å². The van der Waals surface area contributed by atoms with E-state index in [0.29, 0.717) is 35.8 Å². The lowest BCUT2D eigenvalue weighted by Crippen LogP contribution is -2.19. The smallest absolute Gasteiger partial charge is 0.271 e. The fourth-order valence-electron chi connectivity index (χ4n) is 2.20. The highest BCUT2D eigenvalue weighted by Crippen LogP contribution is 2.30. The van der Waals surface area contributed by atoms with E-state index in [9.17, 15) is 9.90 Å². The average molecular weight is 312 g/mol. The Morgan fingerprint density at radius 3 is 2.83 bits per heavy atom. The number of hydrazone groups is 1. The molecule has 118 valence electrons. The number of nitrogens with one attached hydrogen (secondary N) is 1. The lowest BCUT2D eigenvalue weighted by atomic mass is 10.1. The first-order valence-corrected chi connectivity index (χ1v) is 7.17. The first-order valence-electron chi connectivity index (χ1n) is 7.17. The van der Waals surface area contributed by atoms with Crippen LogP contribution in [0.2, 0.25) is 0 Å². The van der Waals surface area contributed by atoms with E-state index < -0.39 is 0 Å². The van der Waals surface area contributed by atoms with Gasteiger partial charge in [-0.15, -0.1) is 0 Å². The molecule has 6 heteroatoms. The molecule has 23 heavy (non-hydrogen) atoms. The molecule has 0 spiro atoms. The number of nitrogens with zero attached hydrogens (tertiary/aromatic N) is 1. The quantitative estimate of drug-likeness (QED) is 0.673. The molecule has 0 aromatic heterocycles. The van der Waals surface area contributed by atoms with Crippen LogP contribution in [0.3, 0.4) is 0 Å². The van der Waals surface area contributed by atoms with Crippen molar-refractivity contribution in [1.82, 2.24) is 5.43 Å². The Kier molecular flexibility index (Phi) is 4.14. The van der Waals surface area contributed by atoms with E-state index >= 15 is 0 Å². The van der Waals surface area contributed by atoms with Crippen molar-refractivity contribution in [2.75, 3.05) is 13.2 Å². The third-order valence-electron chi connectivity index (χ3n) is 3.44. The van der Waals surface area contributed by atoms with Crippen LogP contribution in [0.5, 0.6) is 17.2 Å². The zero-order chi connectivity index (χ0) is 16.2. The van der Waals surface area contributed by atoms with Crippen LogP contribution in [0.25, 0.3) is 0 Å². The third-order valence-corrected chi connectivity index (χ3v) is 3.44. The van der Waals surface area contributed by atoms with Gasteiger partial charge in [0.15, 0.2) is 11.5 Å². The minimum Gasteiger partial charge on any atom is -0.507 e. The molecule has 2 aromatic rings. The SMILES string of the molecule is Cc1cccc(C=NNC(=O)c2ccc3c(c2)OCCO3)c1O. The summed E-state index contributed by atoms with van der Waals surface area (Å²) in [7, 11) is 0. The van der Waals surface area contributed by atoms with Crippen LogP contribution in [-0.4, -0.2) is 30.4 Å². The van der Waals surface area contributed by atoms with Crippen molar-refractivity contribution >= 4 is 12.1 Å². The number of rotatable bonds is 3. The second kappa shape index (κ2) is 6.39.